The highest BCUT2D eigenvalue weighted by Gasteiger charge is 2.28. The van der Waals surface area contributed by atoms with Crippen LogP contribution in [-0.4, -0.2) is 11.8 Å². The average Bonchev–Trinajstić information content (AvgIpc) is 3.15. The van der Waals surface area contributed by atoms with Crippen molar-refractivity contribution >= 4 is 33.8 Å². The van der Waals surface area contributed by atoms with Crippen LogP contribution in [0.5, 0.6) is 11.5 Å². The molecule has 0 atom stereocenters. The highest BCUT2D eigenvalue weighted by molar-refractivity contribution is 9.10. The molecule has 0 radical (unpaired) electrons. The summed E-state index contributed by atoms with van der Waals surface area (Å²) in [4.78, 5) is 25.1. The van der Waals surface area contributed by atoms with E-state index in [0.29, 0.717) is 22.6 Å². The van der Waals surface area contributed by atoms with Gasteiger partial charge in [-0.2, -0.15) is 0 Å². The Morgan fingerprint density at radius 3 is 2.24 bits per heavy atom. The Morgan fingerprint density at radius 2 is 1.52 bits per heavy atom. The van der Waals surface area contributed by atoms with Crippen LogP contribution in [0.3, 0.4) is 0 Å². The van der Waals surface area contributed by atoms with Crippen molar-refractivity contribution in [3.63, 3.8) is 0 Å². The van der Waals surface area contributed by atoms with Crippen LogP contribution in [0.4, 0.5) is 0 Å². The van der Waals surface area contributed by atoms with E-state index >= 15 is 0 Å². The van der Waals surface area contributed by atoms with Gasteiger partial charge < -0.3 is 9.47 Å². The van der Waals surface area contributed by atoms with Crippen molar-refractivity contribution in [3.05, 3.63) is 124 Å². The lowest BCUT2D eigenvalue weighted by Crippen LogP contribution is -2.08. The van der Waals surface area contributed by atoms with E-state index in [1.807, 2.05) is 42.5 Å². The molecule has 5 rings (SSSR count). The molecule has 1 aliphatic heterocycles. The second-order valence-corrected chi connectivity index (χ2v) is 8.40. The second kappa shape index (κ2) is 8.88. The molecule has 0 saturated heterocycles. The van der Waals surface area contributed by atoms with Gasteiger partial charge in [-0.15, -0.1) is 0 Å². The van der Waals surface area contributed by atoms with Crippen LogP contribution in [-0.2, 0) is 0 Å². The molecule has 0 fully saturated rings. The van der Waals surface area contributed by atoms with Gasteiger partial charge >= 0.3 is 5.97 Å². The van der Waals surface area contributed by atoms with Gasteiger partial charge in [-0.3, -0.25) is 4.79 Å². The van der Waals surface area contributed by atoms with Crippen molar-refractivity contribution in [2.75, 3.05) is 0 Å². The number of halogens is 1. The van der Waals surface area contributed by atoms with E-state index in [2.05, 4.69) is 28.1 Å². The van der Waals surface area contributed by atoms with Crippen molar-refractivity contribution in [2.45, 2.75) is 0 Å². The molecule has 160 valence electrons. The van der Waals surface area contributed by atoms with Crippen LogP contribution in [0.1, 0.15) is 26.3 Å². The molecule has 1 aliphatic rings. The Kier molecular flexibility index (Phi) is 5.63. The second-order valence-electron chi connectivity index (χ2n) is 7.48. The van der Waals surface area contributed by atoms with Crippen LogP contribution < -0.4 is 9.47 Å². The minimum absolute atomic E-state index is 0.206. The Labute approximate surface area is 199 Å². The summed E-state index contributed by atoms with van der Waals surface area (Å²) in [6.07, 6.45) is 1.71. The Bertz CT molecular complexity index is 1370. The van der Waals surface area contributed by atoms with Crippen LogP contribution >= 0.6 is 15.9 Å². The Hall–Kier alpha value is -3.96. The van der Waals surface area contributed by atoms with E-state index in [1.165, 1.54) is 0 Å². The number of allylic oxidation sites excluding steroid dienone is 1. The smallest absolute Gasteiger partial charge is 0.343 e. The molecule has 0 unspecified atom stereocenters. The van der Waals surface area contributed by atoms with E-state index in [9.17, 15) is 9.59 Å². The molecular formula is C28H17BrO4. The predicted octanol–water partition coefficient (Wildman–Crippen LogP) is 6.95. The molecule has 5 heteroatoms. The van der Waals surface area contributed by atoms with Gasteiger partial charge in [-0.05, 0) is 59.2 Å². The molecule has 0 amide bonds. The zero-order valence-corrected chi connectivity index (χ0v) is 18.9. The van der Waals surface area contributed by atoms with Gasteiger partial charge in [0.25, 0.3) is 0 Å². The summed E-state index contributed by atoms with van der Waals surface area (Å²) < 4.78 is 12.1. The van der Waals surface area contributed by atoms with E-state index < -0.39 is 5.97 Å². The maximum atomic E-state index is 12.8. The zero-order chi connectivity index (χ0) is 22.8. The summed E-state index contributed by atoms with van der Waals surface area (Å²) in [5.74, 6) is 0.217. The number of carbonyl (C=O) groups is 2. The summed E-state index contributed by atoms with van der Waals surface area (Å²) in [6, 6.07) is 29.6. The van der Waals surface area contributed by atoms with Gasteiger partial charge in [0.1, 0.15) is 11.5 Å². The van der Waals surface area contributed by atoms with E-state index in [1.54, 1.807) is 48.5 Å². The SMILES string of the molecule is O=C(Oc1ccc2c(c1)OC(=Cc1ccc(-c3ccccc3)cc1)C2=O)c1ccc(Br)cc1. The number of Topliss-reactive ketones (excluding diaryl/α,β-unsaturated/α-hetero) is 1. The van der Waals surface area contributed by atoms with E-state index in [-0.39, 0.29) is 11.5 Å². The fourth-order valence-corrected chi connectivity index (χ4v) is 3.80. The van der Waals surface area contributed by atoms with Crippen LogP contribution in [0.15, 0.2) is 107 Å². The summed E-state index contributed by atoms with van der Waals surface area (Å²) in [5, 5.41) is 0. The first-order chi connectivity index (χ1) is 16.1. The zero-order valence-electron chi connectivity index (χ0n) is 17.3. The number of hydrogen-bond acceptors (Lipinski definition) is 4. The highest BCUT2D eigenvalue weighted by atomic mass is 79.9. The first-order valence-electron chi connectivity index (χ1n) is 10.3. The van der Waals surface area contributed by atoms with E-state index in [0.717, 1.165) is 21.2 Å². The number of rotatable bonds is 4. The van der Waals surface area contributed by atoms with Crippen LogP contribution in [0.25, 0.3) is 17.2 Å². The molecule has 4 aromatic rings. The van der Waals surface area contributed by atoms with Crippen molar-refractivity contribution in [1.29, 1.82) is 0 Å². The molecule has 33 heavy (non-hydrogen) atoms. The van der Waals surface area contributed by atoms with Gasteiger partial charge in [0.05, 0.1) is 11.1 Å². The summed E-state index contributed by atoms with van der Waals surface area (Å²) >= 11 is 3.34. The van der Waals surface area contributed by atoms with Gasteiger partial charge in [0.2, 0.25) is 5.78 Å². The molecule has 0 aliphatic carbocycles. The number of carbonyl (C=O) groups excluding carboxylic acids is 2. The maximum Gasteiger partial charge on any atom is 0.343 e. The lowest BCUT2D eigenvalue weighted by Gasteiger charge is -2.06. The molecule has 4 aromatic carbocycles. The molecule has 0 saturated carbocycles. The number of esters is 1. The standard InChI is InChI=1S/C28H17BrO4/c29-22-12-10-21(11-13-22)28(31)32-23-14-15-24-25(17-23)33-26(27(24)30)16-18-6-8-20(9-7-18)19-4-2-1-3-5-19/h1-17H. The number of ketones is 1. The summed E-state index contributed by atoms with van der Waals surface area (Å²) in [6.45, 7) is 0. The third-order valence-corrected chi connectivity index (χ3v) is 5.78. The quantitative estimate of drug-likeness (QED) is 0.174. The van der Waals surface area contributed by atoms with Crippen molar-refractivity contribution < 1.29 is 19.1 Å². The van der Waals surface area contributed by atoms with Crippen LogP contribution in [0, 0.1) is 0 Å². The Balaban J connectivity index is 1.33. The largest absolute Gasteiger partial charge is 0.452 e. The van der Waals surface area contributed by atoms with Crippen molar-refractivity contribution in [1.82, 2.24) is 0 Å². The molecule has 0 N–H and O–H groups in total. The lowest BCUT2D eigenvalue weighted by atomic mass is 10.0. The van der Waals surface area contributed by atoms with Crippen LogP contribution in [0.2, 0.25) is 0 Å². The number of fused-ring (bicyclic) bond motifs is 1. The van der Waals surface area contributed by atoms with Gasteiger partial charge in [0.15, 0.2) is 5.76 Å². The average molecular weight is 497 g/mol. The fraction of sp³-hybridized carbons (Fsp3) is 0. The number of ether oxygens (including phenoxy) is 2. The van der Waals surface area contributed by atoms with Crippen molar-refractivity contribution in [3.8, 4) is 22.6 Å². The summed E-state index contributed by atoms with van der Waals surface area (Å²) in [7, 11) is 0. The monoisotopic (exact) mass is 496 g/mol. The fourth-order valence-electron chi connectivity index (χ4n) is 3.54. The van der Waals surface area contributed by atoms with Gasteiger partial charge in [0, 0.05) is 10.5 Å². The normalized spacial score (nSPS) is 13.5. The number of benzene rings is 4. The minimum atomic E-state index is -0.485. The molecule has 4 nitrogen and oxygen atoms in total. The third kappa shape index (κ3) is 4.49. The van der Waals surface area contributed by atoms with Crippen molar-refractivity contribution in [2.24, 2.45) is 0 Å². The molecule has 1 heterocycles. The third-order valence-electron chi connectivity index (χ3n) is 5.25. The summed E-state index contributed by atoms with van der Waals surface area (Å²) in [5.41, 5.74) is 3.94. The predicted molar refractivity (Wildman–Crippen MR) is 130 cm³/mol. The molecule has 0 aromatic heterocycles. The minimum Gasteiger partial charge on any atom is -0.452 e. The molecular weight excluding hydrogens is 480 g/mol. The number of hydrogen-bond donors (Lipinski definition) is 0. The topological polar surface area (TPSA) is 52.6 Å². The molecule has 0 bridgehead atoms. The van der Waals surface area contributed by atoms with Gasteiger partial charge in [-0.25, -0.2) is 4.79 Å². The van der Waals surface area contributed by atoms with E-state index in [4.69, 9.17) is 9.47 Å². The maximum absolute atomic E-state index is 12.8. The molecule has 0 spiro atoms. The Morgan fingerprint density at radius 1 is 0.818 bits per heavy atom. The van der Waals surface area contributed by atoms with Gasteiger partial charge in [-0.1, -0.05) is 70.5 Å². The first kappa shape index (κ1) is 20.9. The highest BCUT2D eigenvalue weighted by Crippen LogP contribution is 2.35. The lowest BCUT2D eigenvalue weighted by molar-refractivity contribution is 0.0734. The first-order valence-corrected chi connectivity index (χ1v) is 11.1.